The molecule has 0 saturated carbocycles. The Kier molecular flexibility index (Phi) is 9.62. The van der Waals surface area contributed by atoms with E-state index in [0.29, 0.717) is 24.9 Å². The number of piperidine rings is 1. The van der Waals surface area contributed by atoms with Crippen molar-refractivity contribution in [3.05, 3.63) is 52.0 Å². The van der Waals surface area contributed by atoms with Crippen molar-refractivity contribution in [2.75, 3.05) is 24.4 Å². The molecule has 1 aromatic carbocycles. The number of nitrogens with zero attached hydrogens (tertiary/aromatic N) is 5. The first-order valence-corrected chi connectivity index (χ1v) is 12.0. The summed E-state index contributed by atoms with van der Waals surface area (Å²) in [5.74, 6) is -1.03. The van der Waals surface area contributed by atoms with E-state index in [-0.39, 0.29) is 40.8 Å². The Morgan fingerprint density at radius 3 is 2.47 bits per heavy atom. The number of benzene rings is 1. The summed E-state index contributed by atoms with van der Waals surface area (Å²) in [7, 11) is -0.934. The molecule has 1 unspecified atom stereocenters. The van der Waals surface area contributed by atoms with Gasteiger partial charge in [-0.05, 0) is 56.1 Å². The van der Waals surface area contributed by atoms with Crippen molar-refractivity contribution in [2.45, 2.75) is 44.8 Å². The van der Waals surface area contributed by atoms with Crippen LogP contribution in [0.2, 0.25) is 0 Å². The van der Waals surface area contributed by atoms with Gasteiger partial charge in [-0.15, -0.1) is 0 Å². The molecule has 13 heteroatoms. The van der Waals surface area contributed by atoms with Crippen molar-refractivity contribution in [3.8, 4) is 0 Å². The third-order valence-electron chi connectivity index (χ3n) is 5.49. The first-order valence-electron chi connectivity index (χ1n) is 10.6. The maximum atomic E-state index is 13.2. The van der Waals surface area contributed by atoms with Crippen molar-refractivity contribution < 1.29 is 55.9 Å². The smallest absolute Gasteiger partial charge is 0.528 e. The maximum absolute atomic E-state index is 13.2. The molecule has 0 aliphatic carbocycles. The Bertz CT molecular complexity index is 1110. The van der Waals surface area contributed by atoms with Crippen LogP contribution in [0.15, 0.2) is 30.6 Å². The molecule has 1 aliphatic heterocycles. The molecule has 1 aliphatic rings. The third kappa shape index (κ3) is 7.20. The van der Waals surface area contributed by atoms with Gasteiger partial charge in [0.15, 0.2) is 10.2 Å². The van der Waals surface area contributed by atoms with Crippen LogP contribution >= 0.6 is 0 Å². The number of halogens is 3. The zero-order valence-electron chi connectivity index (χ0n) is 19.7. The normalized spacial score (nSPS) is 17.2. The van der Waals surface area contributed by atoms with Crippen molar-refractivity contribution in [1.82, 2.24) is 14.7 Å². The van der Waals surface area contributed by atoms with Crippen LogP contribution in [0.1, 0.15) is 36.5 Å². The average Bonchev–Trinajstić information content (AvgIpc) is 3.11. The van der Waals surface area contributed by atoms with E-state index in [1.165, 1.54) is 23.1 Å². The van der Waals surface area contributed by atoms with E-state index in [1.54, 1.807) is 14.0 Å². The Morgan fingerprint density at radius 1 is 1.24 bits per heavy atom. The molecule has 1 amide bonds. The SMILES string of the molecule is CCc1cc(CC(=O)[N-]S(=O)(=O)N(c2cnn(C)c2)C2CCCN(C)C2)cc(C(F)(F)F)c1.[Na+]. The van der Waals surface area contributed by atoms with Gasteiger partial charge in [0.05, 0.1) is 29.4 Å². The molecular formula is C21H27F3N5NaO3S. The summed E-state index contributed by atoms with van der Waals surface area (Å²) < 4.78 is 72.0. The van der Waals surface area contributed by atoms with E-state index in [9.17, 15) is 26.4 Å². The van der Waals surface area contributed by atoms with Gasteiger partial charge in [0, 0.05) is 26.2 Å². The van der Waals surface area contributed by atoms with Crippen LogP contribution in [0.4, 0.5) is 18.9 Å². The maximum Gasteiger partial charge on any atom is 1.00 e. The molecule has 0 spiro atoms. The zero-order valence-corrected chi connectivity index (χ0v) is 22.5. The second-order valence-corrected chi connectivity index (χ2v) is 9.73. The van der Waals surface area contributed by atoms with Gasteiger partial charge >= 0.3 is 35.7 Å². The summed E-state index contributed by atoms with van der Waals surface area (Å²) in [6.45, 7) is 2.97. The van der Waals surface area contributed by atoms with E-state index in [4.69, 9.17) is 0 Å². The van der Waals surface area contributed by atoms with E-state index >= 15 is 0 Å². The van der Waals surface area contributed by atoms with Crippen LogP contribution < -0.4 is 33.9 Å². The number of alkyl halides is 3. The van der Waals surface area contributed by atoms with Crippen molar-refractivity contribution in [1.29, 1.82) is 0 Å². The van der Waals surface area contributed by atoms with E-state index in [2.05, 4.69) is 9.82 Å². The molecule has 0 bridgehead atoms. The second-order valence-electron chi connectivity index (χ2n) is 8.26. The molecule has 2 heterocycles. The number of likely N-dealkylation sites (tertiary alicyclic amines) is 1. The number of aromatic nitrogens is 2. The number of hydrogen-bond acceptors (Lipinski definition) is 5. The average molecular weight is 510 g/mol. The monoisotopic (exact) mass is 509 g/mol. The molecule has 1 fully saturated rings. The molecular weight excluding hydrogens is 482 g/mol. The number of aryl methyl sites for hydroxylation is 2. The van der Waals surface area contributed by atoms with Gasteiger partial charge in [0.1, 0.15) is 0 Å². The fourth-order valence-electron chi connectivity index (χ4n) is 4.00. The third-order valence-corrected chi connectivity index (χ3v) is 6.93. The summed E-state index contributed by atoms with van der Waals surface area (Å²) in [6, 6.07) is 2.89. The first-order chi connectivity index (χ1) is 15.4. The molecule has 3 rings (SSSR count). The molecule has 182 valence electrons. The minimum atomic E-state index is -4.57. The van der Waals surface area contributed by atoms with Gasteiger partial charge in [-0.1, -0.05) is 13.0 Å². The predicted octanol–water partition coefficient (Wildman–Crippen LogP) is 0.294. The standard InChI is InChI=1S/C21H28F3N5O3S.Na/c1-4-15-8-16(10-17(9-15)21(22,23)24)11-20(30)26-33(31,32)29(19-12-25-28(3)14-19)18-6-5-7-27(2)13-18;/h8-10,12,14,18H,4-7,11,13H2,1-3H3,(H,26,30);/q;+1/p-1. The van der Waals surface area contributed by atoms with Crippen LogP contribution in [-0.2, 0) is 41.1 Å². The van der Waals surface area contributed by atoms with Gasteiger partial charge in [-0.2, -0.15) is 18.3 Å². The summed E-state index contributed by atoms with van der Waals surface area (Å²) in [5.41, 5.74) is -0.134. The number of carbonyl (C=O) groups is 1. The van der Waals surface area contributed by atoms with Crippen LogP contribution in [-0.4, -0.2) is 55.2 Å². The molecule has 8 nitrogen and oxygen atoms in total. The summed E-state index contributed by atoms with van der Waals surface area (Å²) in [5, 5.41) is 4.03. The molecule has 1 atom stereocenters. The first kappa shape index (κ1) is 28.6. The number of amides is 1. The minimum Gasteiger partial charge on any atom is -0.528 e. The minimum absolute atomic E-state index is 0. The quantitative estimate of drug-likeness (QED) is 0.501. The largest absolute Gasteiger partial charge is 1.00 e. The molecule has 34 heavy (non-hydrogen) atoms. The van der Waals surface area contributed by atoms with Crippen molar-refractivity contribution >= 4 is 21.8 Å². The summed E-state index contributed by atoms with van der Waals surface area (Å²) in [6.07, 6.45) is -0.539. The van der Waals surface area contributed by atoms with E-state index in [0.717, 1.165) is 29.4 Å². The Labute approximate surface area is 220 Å². The van der Waals surface area contributed by atoms with Gasteiger partial charge in [0.2, 0.25) is 0 Å². The van der Waals surface area contributed by atoms with Crippen LogP contribution in [0.3, 0.4) is 0 Å². The van der Waals surface area contributed by atoms with Gasteiger partial charge < -0.3 is 14.4 Å². The van der Waals surface area contributed by atoms with Gasteiger partial charge in [0.25, 0.3) is 0 Å². The van der Waals surface area contributed by atoms with Crippen molar-refractivity contribution in [3.63, 3.8) is 0 Å². The van der Waals surface area contributed by atoms with Crippen LogP contribution in [0.25, 0.3) is 4.72 Å². The topological polar surface area (TPSA) is 89.6 Å². The number of likely N-dealkylation sites (N-methyl/N-ethyl adjacent to an activating group) is 1. The molecule has 1 aromatic heterocycles. The van der Waals surface area contributed by atoms with Gasteiger partial charge in [-0.3, -0.25) is 8.99 Å². The molecule has 2 aromatic rings. The summed E-state index contributed by atoms with van der Waals surface area (Å²) >= 11 is 0. The van der Waals surface area contributed by atoms with Crippen molar-refractivity contribution in [2.24, 2.45) is 7.05 Å². The molecule has 0 N–H and O–H groups in total. The second kappa shape index (κ2) is 11.4. The summed E-state index contributed by atoms with van der Waals surface area (Å²) in [4.78, 5) is 14.6. The van der Waals surface area contributed by atoms with Crippen LogP contribution in [0, 0.1) is 0 Å². The Morgan fingerprint density at radius 2 is 1.91 bits per heavy atom. The van der Waals surface area contributed by atoms with Crippen LogP contribution in [0.5, 0.6) is 0 Å². The fraction of sp³-hybridized carbons (Fsp3) is 0.524. The van der Waals surface area contributed by atoms with E-state index < -0.39 is 40.3 Å². The number of anilines is 1. The zero-order chi connectivity index (χ0) is 24.4. The van der Waals surface area contributed by atoms with Gasteiger partial charge in [-0.25, -0.2) is 8.42 Å². The van der Waals surface area contributed by atoms with E-state index in [1.807, 2.05) is 11.9 Å². The fourth-order valence-corrected chi connectivity index (χ4v) is 5.32. The Balaban J connectivity index is 0.00000408. The molecule has 0 radical (unpaired) electrons. The number of rotatable bonds is 7. The number of carbonyl (C=O) groups excluding carboxylic acids is 1. The predicted molar refractivity (Wildman–Crippen MR) is 118 cm³/mol. The molecule has 1 saturated heterocycles. The Hall–Kier alpha value is -1.60. The number of hydrogen-bond donors (Lipinski definition) is 0.